The highest BCUT2D eigenvalue weighted by molar-refractivity contribution is 5.92. The van der Waals surface area contributed by atoms with E-state index in [1.807, 2.05) is 68.4 Å². The van der Waals surface area contributed by atoms with Gasteiger partial charge < -0.3 is 31.5 Å². The molecule has 0 aromatic heterocycles. The van der Waals surface area contributed by atoms with Crippen molar-refractivity contribution in [1.82, 2.24) is 16.0 Å². The zero-order valence-electron chi connectivity index (χ0n) is 26.4. The van der Waals surface area contributed by atoms with Crippen LogP contribution in [0.15, 0.2) is 78.9 Å². The molecule has 46 heavy (non-hydrogen) atoms. The Morgan fingerprint density at radius 2 is 1.39 bits per heavy atom. The van der Waals surface area contributed by atoms with Crippen molar-refractivity contribution < 1.29 is 29.0 Å². The number of carbonyl (C=O) groups is 4. The topological polar surface area (TPSA) is 160 Å². The second kappa shape index (κ2) is 16.6. The van der Waals surface area contributed by atoms with Gasteiger partial charge in [0.05, 0.1) is 6.04 Å². The van der Waals surface area contributed by atoms with Crippen molar-refractivity contribution >= 4 is 23.9 Å². The predicted molar refractivity (Wildman–Crippen MR) is 176 cm³/mol. The molecule has 3 unspecified atom stereocenters. The van der Waals surface area contributed by atoms with Crippen LogP contribution in [0.4, 0.5) is 4.79 Å². The first-order valence-electron chi connectivity index (χ1n) is 15.9. The third-order valence-electron chi connectivity index (χ3n) is 8.13. The van der Waals surface area contributed by atoms with E-state index >= 15 is 0 Å². The molecule has 0 saturated heterocycles. The van der Waals surface area contributed by atoms with E-state index in [1.54, 1.807) is 0 Å². The summed E-state index contributed by atoms with van der Waals surface area (Å²) in [6, 6.07) is 22.5. The normalized spacial score (nSPS) is 14.0. The molecule has 0 spiro atoms. The Bertz CT molecular complexity index is 1450. The van der Waals surface area contributed by atoms with E-state index in [0.717, 1.165) is 27.8 Å². The van der Waals surface area contributed by atoms with Crippen LogP contribution in [0.25, 0.3) is 11.1 Å². The van der Waals surface area contributed by atoms with Crippen LogP contribution >= 0.6 is 0 Å². The lowest BCUT2D eigenvalue weighted by atomic mass is 9.98. The summed E-state index contributed by atoms with van der Waals surface area (Å²) in [6.45, 7) is 4.33. The van der Waals surface area contributed by atoms with Crippen LogP contribution in [0.2, 0.25) is 0 Å². The predicted octanol–water partition coefficient (Wildman–Crippen LogP) is 4.37. The highest BCUT2D eigenvalue weighted by Gasteiger charge is 2.30. The Kier molecular flexibility index (Phi) is 12.3. The number of ether oxygens (including phenoxy) is 1. The first kappa shape index (κ1) is 34.2. The lowest BCUT2D eigenvalue weighted by Gasteiger charge is -2.24. The van der Waals surface area contributed by atoms with E-state index in [-0.39, 0.29) is 31.3 Å². The van der Waals surface area contributed by atoms with Gasteiger partial charge in [-0.25, -0.2) is 9.59 Å². The van der Waals surface area contributed by atoms with Crippen molar-refractivity contribution in [2.75, 3.05) is 13.2 Å². The van der Waals surface area contributed by atoms with Gasteiger partial charge in [0.15, 0.2) is 0 Å². The van der Waals surface area contributed by atoms with Gasteiger partial charge in [0, 0.05) is 18.9 Å². The van der Waals surface area contributed by atoms with Gasteiger partial charge in [0.2, 0.25) is 11.8 Å². The van der Waals surface area contributed by atoms with Gasteiger partial charge in [0.1, 0.15) is 18.7 Å². The molecule has 10 nitrogen and oxygen atoms in total. The van der Waals surface area contributed by atoms with Crippen LogP contribution < -0.4 is 21.7 Å². The third-order valence-corrected chi connectivity index (χ3v) is 8.13. The molecule has 6 N–H and O–H groups in total. The van der Waals surface area contributed by atoms with E-state index < -0.39 is 42.0 Å². The van der Waals surface area contributed by atoms with Crippen LogP contribution in [0, 0.1) is 5.92 Å². The van der Waals surface area contributed by atoms with E-state index in [2.05, 4.69) is 40.2 Å². The molecule has 0 radical (unpaired) electrons. The van der Waals surface area contributed by atoms with Gasteiger partial charge >= 0.3 is 12.1 Å². The maximum atomic E-state index is 13.1. The minimum Gasteiger partial charge on any atom is -0.480 e. The fourth-order valence-corrected chi connectivity index (χ4v) is 5.76. The number of amides is 3. The van der Waals surface area contributed by atoms with E-state index in [9.17, 15) is 24.3 Å². The number of alkyl carbamates (subject to hydrolysis) is 1. The lowest BCUT2D eigenvalue weighted by Crippen LogP contribution is -2.55. The maximum absolute atomic E-state index is 13.1. The SMILES string of the molecule is CC(C)CC(NC(=O)C(Cc1ccccc1)NC(=O)C(N)CCCCNC(=O)OCC1c2ccccc2-c2ccccc21)C(=O)O. The second-order valence-corrected chi connectivity index (χ2v) is 12.1. The van der Waals surface area contributed by atoms with Gasteiger partial charge in [0.25, 0.3) is 0 Å². The molecule has 10 heteroatoms. The Labute approximate surface area is 270 Å². The van der Waals surface area contributed by atoms with Crippen molar-refractivity contribution in [2.45, 2.75) is 70.0 Å². The van der Waals surface area contributed by atoms with Crippen molar-refractivity contribution in [3.8, 4) is 11.1 Å². The Balaban J connectivity index is 1.21. The molecule has 1 aliphatic carbocycles. The zero-order chi connectivity index (χ0) is 33.1. The average Bonchev–Trinajstić information content (AvgIpc) is 3.36. The van der Waals surface area contributed by atoms with Crippen molar-refractivity contribution in [2.24, 2.45) is 11.7 Å². The lowest BCUT2D eigenvalue weighted by molar-refractivity contribution is -0.142. The van der Waals surface area contributed by atoms with Crippen molar-refractivity contribution in [1.29, 1.82) is 0 Å². The number of carbonyl (C=O) groups excluding carboxylic acids is 3. The van der Waals surface area contributed by atoms with Gasteiger partial charge in [-0.15, -0.1) is 0 Å². The number of aliphatic carboxylic acids is 1. The number of rotatable bonds is 16. The number of carboxylic acids is 1. The molecule has 4 rings (SSSR count). The van der Waals surface area contributed by atoms with Gasteiger partial charge in [-0.1, -0.05) is 92.7 Å². The summed E-state index contributed by atoms with van der Waals surface area (Å²) in [5, 5.41) is 17.6. The monoisotopic (exact) mass is 628 g/mol. The summed E-state index contributed by atoms with van der Waals surface area (Å²) >= 11 is 0. The van der Waals surface area contributed by atoms with E-state index in [1.165, 1.54) is 0 Å². The Morgan fingerprint density at radius 1 is 0.804 bits per heavy atom. The van der Waals surface area contributed by atoms with E-state index in [0.29, 0.717) is 25.8 Å². The smallest absolute Gasteiger partial charge is 0.407 e. The summed E-state index contributed by atoms with van der Waals surface area (Å²) in [5.41, 5.74) is 11.6. The molecule has 0 fully saturated rings. The average molecular weight is 629 g/mol. The number of nitrogens with two attached hydrogens (primary N) is 1. The number of carboxylic acid groups (broad SMARTS) is 1. The fraction of sp³-hybridized carbons (Fsp3) is 0.389. The molecular weight excluding hydrogens is 584 g/mol. The Hall–Kier alpha value is -4.70. The third kappa shape index (κ3) is 9.40. The summed E-state index contributed by atoms with van der Waals surface area (Å²) in [7, 11) is 0. The second-order valence-electron chi connectivity index (χ2n) is 12.1. The fourth-order valence-electron chi connectivity index (χ4n) is 5.76. The minimum absolute atomic E-state index is 0.0207. The molecule has 3 atom stereocenters. The van der Waals surface area contributed by atoms with Crippen LogP contribution in [0.3, 0.4) is 0 Å². The molecule has 3 aromatic rings. The molecule has 1 aliphatic rings. The minimum atomic E-state index is -1.13. The van der Waals surface area contributed by atoms with Crippen LogP contribution in [0.5, 0.6) is 0 Å². The highest BCUT2D eigenvalue weighted by Crippen LogP contribution is 2.44. The standard InChI is InChI=1S/C36H44N4O6/c1-23(2)20-32(35(43)44)40-34(42)31(21-24-12-4-3-5-13-24)39-33(41)30(37)18-10-11-19-38-36(45)46-22-29-27-16-8-6-14-25(27)26-15-7-9-17-28(26)29/h3-9,12-17,23,29-32H,10-11,18-22,37H2,1-2H3,(H,38,45)(H,39,41)(H,40,42)(H,43,44). The summed E-state index contributed by atoms with van der Waals surface area (Å²) < 4.78 is 5.57. The number of hydrogen-bond acceptors (Lipinski definition) is 6. The zero-order valence-corrected chi connectivity index (χ0v) is 26.4. The first-order valence-corrected chi connectivity index (χ1v) is 15.9. The summed E-state index contributed by atoms with van der Waals surface area (Å²) in [5.74, 6) is -2.18. The Morgan fingerprint density at radius 3 is 2.00 bits per heavy atom. The number of hydrogen-bond donors (Lipinski definition) is 5. The number of fused-ring (bicyclic) bond motifs is 3. The largest absolute Gasteiger partial charge is 0.480 e. The summed E-state index contributed by atoms with van der Waals surface area (Å²) in [6.07, 6.45) is 1.41. The summed E-state index contributed by atoms with van der Waals surface area (Å²) in [4.78, 5) is 50.3. The van der Waals surface area contributed by atoms with Gasteiger partial charge in [-0.3, -0.25) is 9.59 Å². The molecule has 3 aromatic carbocycles. The van der Waals surface area contributed by atoms with Crippen LogP contribution in [-0.2, 0) is 25.5 Å². The van der Waals surface area contributed by atoms with Crippen molar-refractivity contribution in [3.05, 3.63) is 95.6 Å². The van der Waals surface area contributed by atoms with E-state index in [4.69, 9.17) is 10.5 Å². The molecule has 0 bridgehead atoms. The first-order chi connectivity index (χ1) is 22.1. The van der Waals surface area contributed by atoms with Crippen LogP contribution in [0.1, 0.15) is 62.1 Å². The number of benzene rings is 3. The number of unbranched alkanes of at least 4 members (excludes halogenated alkanes) is 1. The molecule has 0 saturated carbocycles. The van der Waals surface area contributed by atoms with Crippen LogP contribution in [-0.4, -0.2) is 60.3 Å². The number of nitrogens with one attached hydrogen (secondary N) is 3. The molecular formula is C36H44N4O6. The van der Waals surface area contributed by atoms with Crippen molar-refractivity contribution in [3.63, 3.8) is 0 Å². The molecule has 3 amide bonds. The maximum Gasteiger partial charge on any atom is 0.407 e. The molecule has 0 aliphatic heterocycles. The van der Waals surface area contributed by atoms with Gasteiger partial charge in [-0.2, -0.15) is 0 Å². The molecule has 244 valence electrons. The quantitative estimate of drug-likeness (QED) is 0.147. The molecule has 0 heterocycles. The van der Waals surface area contributed by atoms with Gasteiger partial charge in [-0.05, 0) is 59.4 Å². The highest BCUT2D eigenvalue weighted by atomic mass is 16.5.